The monoisotopic (exact) mass is 187 g/mol. The third-order valence-corrected chi connectivity index (χ3v) is 2.41. The van der Waals surface area contributed by atoms with Gasteiger partial charge in [0.2, 0.25) is 0 Å². The first kappa shape index (κ1) is 9.28. The fourth-order valence-corrected chi connectivity index (χ4v) is 1.58. The number of benzene rings is 1. The average Bonchev–Trinajstić information content (AvgIpc) is 2.58. The summed E-state index contributed by atoms with van der Waals surface area (Å²) < 4.78 is 2.27. The minimum Gasteiger partial charge on any atom is -0.346 e. The SMILES string of the molecule is CN(C)CCn1ccc2cc[c]cc21. The van der Waals surface area contributed by atoms with Gasteiger partial charge in [0.25, 0.3) is 0 Å². The summed E-state index contributed by atoms with van der Waals surface area (Å²) in [5.41, 5.74) is 1.27. The lowest BCUT2D eigenvalue weighted by Gasteiger charge is -2.10. The first-order chi connectivity index (χ1) is 6.77. The summed E-state index contributed by atoms with van der Waals surface area (Å²) >= 11 is 0. The van der Waals surface area contributed by atoms with Crippen LogP contribution in [0.25, 0.3) is 10.9 Å². The van der Waals surface area contributed by atoms with Crippen molar-refractivity contribution in [1.82, 2.24) is 9.47 Å². The van der Waals surface area contributed by atoms with Gasteiger partial charge in [-0.25, -0.2) is 0 Å². The quantitative estimate of drug-likeness (QED) is 0.713. The van der Waals surface area contributed by atoms with Crippen molar-refractivity contribution in [2.24, 2.45) is 0 Å². The van der Waals surface area contributed by atoms with Gasteiger partial charge in [-0.15, -0.1) is 0 Å². The maximum atomic E-state index is 3.12. The zero-order valence-corrected chi connectivity index (χ0v) is 8.70. The predicted octanol–water partition coefficient (Wildman–Crippen LogP) is 2.00. The first-order valence-corrected chi connectivity index (χ1v) is 4.87. The maximum absolute atomic E-state index is 3.12. The van der Waals surface area contributed by atoms with E-state index in [1.54, 1.807) is 0 Å². The number of hydrogen-bond donors (Lipinski definition) is 0. The van der Waals surface area contributed by atoms with Crippen molar-refractivity contribution >= 4 is 10.9 Å². The van der Waals surface area contributed by atoms with E-state index in [1.807, 2.05) is 12.1 Å². The zero-order valence-electron chi connectivity index (χ0n) is 8.70. The molecule has 1 aromatic carbocycles. The second-order valence-corrected chi connectivity index (χ2v) is 3.80. The fraction of sp³-hybridized carbons (Fsp3) is 0.333. The molecule has 0 bridgehead atoms. The minimum atomic E-state index is 1.04. The number of likely N-dealkylation sites (N-methyl/N-ethyl adjacent to an activating group) is 1. The Morgan fingerprint density at radius 1 is 1.36 bits per heavy atom. The van der Waals surface area contributed by atoms with Crippen LogP contribution in [0.4, 0.5) is 0 Å². The Morgan fingerprint density at radius 2 is 2.21 bits per heavy atom. The minimum absolute atomic E-state index is 1.04. The summed E-state index contributed by atoms with van der Waals surface area (Å²) in [4.78, 5) is 2.19. The van der Waals surface area contributed by atoms with Crippen molar-refractivity contribution in [1.29, 1.82) is 0 Å². The highest BCUT2D eigenvalue weighted by molar-refractivity contribution is 5.79. The normalized spacial score (nSPS) is 11.4. The van der Waals surface area contributed by atoms with Crippen LogP contribution in [-0.2, 0) is 6.54 Å². The Balaban J connectivity index is 2.25. The lowest BCUT2D eigenvalue weighted by Crippen LogP contribution is -2.17. The van der Waals surface area contributed by atoms with E-state index < -0.39 is 0 Å². The van der Waals surface area contributed by atoms with Gasteiger partial charge in [-0.2, -0.15) is 0 Å². The molecule has 0 atom stereocenters. The smallest absolute Gasteiger partial charge is 0.0486 e. The van der Waals surface area contributed by atoms with Crippen molar-refractivity contribution in [2.45, 2.75) is 6.54 Å². The van der Waals surface area contributed by atoms with E-state index in [0.29, 0.717) is 0 Å². The van der Waals surface area contributed by atoms with Gasteiger partial charge in [-0.3, -0.25) is 0 Å². The van der Waals surface area contributed by atoms with Crippen LogP contribution in [0.15, 0.2) is 30.5 Å². The van der Waals surface area contributed by atoms with E-state index in [-0.39, 0.29) is 0 Å². The van der Waals surface area contributed by atoms with Crippen molar-refractivity contribution in [2.75, 3.05) is 20.6 Å². The van der Waals surface area contributed by atoms with Crippen molar-refractivity contribution in [3.05, 3.63) is 36.5 Å². The fourth-order valence-electron chi connectivity index (χ4n) is 1.58. The number of aromatic nitrogens is 1. The highest BCUT2D eigenvalue weighted by Crippen LogP contribution is 2.14. The summed E-state index contributed by atoms with van der Waals surface area (Å²) in [6.45, 7) is 2.10. The van der Waals surface area contributed by atoms with Crippen LogP contribution in [0.3, 0.4) is 0 Å². The highest BCUT2D eigenvalue weighted by Gasteiger charge is 1.99. The molecule has 1 aromatic heterocycles. The highest BCUT2D eigenvalue weighted by atomic mass is 15.1. The van der Waals surface area contributed by atoms with E-state index in [4.69, 9.17) is 0 Å². The molecule has 0 aliphatic carbocycles. The molecule has 0 amide bonds. The lowest BCUT2D eigenvalue weighted by molar-refractivity contribution is 0.387. The molecule has 0 fully saturated rings. The number of rotatable bonds is 3. The first-order valence-electron chi connectivity index (χ1n) is 4.87. The van der Waals surface area contributed by atoms with Crippen LogP contribution in [-0.4, -0.2) is 30.1 Å². The van der Waals surface area contributed by atoms with E-state index in [9.17, 15) is 0 Å². The van der Waals surface area contributed by atoms with Gasteiger partial charge < -0.3 is 9.47 Å². The summed E-state index contributed by atoms with van der Waals surface area (Å²) in [5.74, 6) is 0. The molecule has 0 saturated heterocycles. The van der Waals surface area contributed by atoms with Crippen molar-refractivity contribution < 1.29 is 0 Å². The lowest BCUT2D eigenvalue weighted by atomic mass is 10.2. The summed E-state index contributed by atoms with van der Waals surface area (Å²) in [5, 5.41) is 1.29. The van der Waals surface area contributed by atoms with Gasteiger partial charge in [0, 0.05) is 24.8 Å². The standard InChI is InChI=1S/C12H15N2/c1-13(2)9-10-14-8-7-11-5-3-4-6-12(11)14/h3,5-8H,9-10H2,1-2H3. The van der Waals surface area contributed by atoms with E-state index in [0.717, 1.165) is 13.1 Å². The largest absolute Gasteiger partial charge is 0.346 e. The van der Waals surface area contributed by atoms with Crippen LogP contribution in [0.1, 0.15) is 0 Å². The molecule has 0 aliphatic rings. The molecule has 0 aliphatic heterocycles. The van der Waals surface area contributed by atoms with Crippen molar-refractivity contribution in [3.8, 4) is 0 Å². The molecule has 0 N–H and O–H groups in total. The molecule has 2 heteroatoms. The maximum Gasteiger partial charge on any atom is 0.0486 e. The van der Waals surface area contributed by atoms with Crippen LogP contribution >= 0.6 is 0 Å². The van der Waals surface area contributed by atoms with E-state index in [2.05, 4.69) is 48.0 Å². The molecule has 2 nitrogen and oxygen atoms in total. The topological polar surface area (TPSA) is 8.17 Å². The van der Waals surface area contributed by atoms with Crippen LogP contribution in [0.5, 0.6) is 0 Å². The van der Waals surface area contributed by atoms with Crippen molar-refractivity contribution in [3.63, 3.8) is 0 Å². The van der Waals surface area contributed by atoms with Gasteiger partial charge in [-0.1, -0.05) is 12.1 Å². The molecule has 1 radical (unpaired) electrons. The molecule has 1 heterocycles. The van der Waals surface area contributed by atoms with E-state index >= 15 is 0 Å². The Morgan fingerprint density at radius 3 is 3.00 bits per heavy atom. The molecule has 14 heavy (non-hydrogen) atoms. The third-order valence-electron chi connectivity index (χ3n) is 2.41. The molecule has 0 unspecified atom stereocenters. The second-order valence-electron chi connectivity index (χ2n) is 3.80. The molecule has 2 rings (SSSR count). The van der Waals surface area contributed by atoms with E-state index in [1.165, 1.54) is 10.9 Å². The summed E-state index contributed by atoms with van der Waals surface area (Å²) in [6, 6.07) is 11.4. The Bertz CT molecular complexity index is 415. The molecular formula is C12H15N2. The molecule has 0 saturated carbocycles. The van der Waals surface area contributed by atoms with Crippen LogP contribution < -0.4 is 0 Å². The van der Waals surface area contributed by atoms with Crippen LogP contribution in [0, 0.1) is 6.07 Å². The molecule has 73 valence electrons. The molecule has 2 aromatic rings. The number of hydrogen-bond acceptors (Lipinski definition) is 1. The average molecular weight is 187 g/mol. The van der Waals surface area contributed by atoms with Gasteiger partial charge in [0.15, 0.2) is 0 Å². The van der Waals surface area contributed by atoms with Gasteiger partial charge >= 0.3 is 0 Å². The Kier molecular flexibility index (Phi) is 2.55. The Labute approximate surface area is 84.8 Å². The van der Waals surface area contributed by atoms with Gasteiger partial charge in [-0.05, 0) is 37.7 Å². The predicted molar refractivity (Wildman–Crippen MR) is 59.3 cm³/mol. The molecule has 0 spiro atoms. The second kappa shape index (κ2) is 3.84. The summed E-state index contributed by atoms with van der Waals surface area (Å²) in [7, 11) is 4.19. The number of fused-ring (bicyclic) bond motifs is 1. The summed E-state index contributed by atoms with van der Waals surface area (Å²) in [6.07, 6.45) is 2.14. The van der Waals surface area contributed by atoms with Gasteiger partial charge in [0.1, 0.15) is 0 Å². The third kappa shape index (κ3) is 1.80. The zero-order chi connectivity index (χ0) is 9.97. The van der Waals surface area contributed by atoms with Crippen LogP contribution in [0.2, 0.25) is 0 Å². The Hall–Kier alpha value is -1.28. The molecular weight excluding hydrogens is 172 g/mol. The number of nitrogens with zero attached hydrogens (tertiary/aromatic N) is 2. The van der Waals surface area contributed by atoms with Gasteiger partial charge in [0.05, 0.1) is 0 Å².